The molecule has 0 bridgehead atoms. The zero-order valence-corrected chi connectivity index (χ0v) is 7.83. The standard InChI is InChI=1S/C9H16O3/c1-6-4-9(3,8(10)11)5-7(2)12-6/h6-7H,4-5H2,1-3H3,(H,10,11)/t6-,7+,9?. The van der Waals surface area contributed by atoms with Crippen molar-refractivity contribution < 1.29 is 14.6 Å². The Balaban J connectivity index is 2.71. The van der Waals surface area contributed by atoms with Gasteiger partial charge in [-0.2, -0.15) is 0 Å². The molecule has 70 valence electrons. The van der Waals surface area contributed by atoms with Crippen molar-refractivity contribution in [2.24, 2.45) is 5.41 Å². The van der Waals surface area contributed by atoms with Gasteiger partial charge in [0, 0.05) is 0 Å². The summed E-state index contributed by atoms with van der Waals surface area (Å²) in [6.45, 7) is 5.65. The normalized spacial score (nSPS) is 42.6. The fraction of sp³-hybridized carbons (Fsp3) is 0.889. The summed E-state index contributed by atoms with van der Waals surface area (Å²) in [5, 5.41) is 8.98. The maximum Gasteiger partial charge on any atom is 0.309 e. The van der Waals surface area contributed by atoms with E-state index in [1.165, 1.54) is 0 Å². The van der Waals surface area contributed by atoms with Crippen molar-refractivity contribution in [2.75, 3.05) is 0 Å². The van der Waals surface area contributed by atoms with Gasteiger partial charge in [0.05, 0.1) is 17.6 Å². The molecule has 0 amide bonds. The smallest absolute Gasteiger partial charge is 0.309 e. The van der Waals surface area contributed by atoms with Gasteiger partial charge in [-0.05, 0) is 33.6 Å². The summed E-state index contributed by atoms with van der Waals surface area (Å²) < 4.78 is 5.47. The first-order valence-corrected chi connectivity index (χ1v) is 4.33. The summed E-state index contributed by atoms with van der Waals surface area (Å²) in [7, 11) is 0. The lowest BCUT2D eigenvalue weighted by Crippen LogP contribution is -2.41. The van der Waals surface area contributed by atoms with Crippen LogP contribution in [0.25, 0.3) is 0 Å². The van der Waals surface area contributed by atoms with Crippen molar-refractivity contribution >= 4 is 5.97 Å². The van der Waals surface area contributed by atoms with Crippen LogP contribution in [0.5, 0.6) is 0 Å². The van der Waals surface area contributed by atoms with Gasteiger partial charge in [-0.25, -0.2) is 0 Å². The first kappa shape index (κ1) is 9.52. The van der Waals surface area contributed by atoms with Crippen molar-refractivity contribution in [3.05, 3.63) is 0 Å². The van der Waals surface area contributed by atoms with Crippen LogP contribution in [0, 0.1) is 5.41 Å². The molecule has 1 fully saturated rings. The quantitative estimate of drug-likeness (QED) is 0.654. The number of hydrogen-bond donors (Lipinski definition) is 1. The third-order valence-electron chi connectivity index (χ3n) is 2.46. The third kappa shape index (κ3) is 1.78. The van der Waals surface area contributed by atoms with E-state index >= 15 is 0 Å². The van der Waals surface area contributed by atoms with E-state index in [2.05, 4.69) is 0 Å². The van der Waals surface area contributed by atoms with Crippen LogP contribution >= 0.6 is 0 Å². The molecule has 1 saturated heterocycles. The van der Waals surface area contributed by atoms with Gasteiger partial charge in [-0.1, -0.05) is 0 Å². The first-order valence-electron chi connectivity index (χ1n) is 4.33. The van der Waals surface area contributed by atoms with Crippen LogP contribution in [0.2, 0.25) is 0 Å². The highest BCUT2D eigenvalue weighted by molar-refractivity contribution is 5.74. The Morgan fingerprint density at radius 1 is 1.42 bits per heavy atom. The zero-order chi connectivity index (χ0) is 9.35. The number of aliphatic carboxylic acids is 1. The number of hydrogen-bond acceptors (Lipinski definition) is 2. The molecule has 1 heterocycles. The van der Waals surface area contributed by atoms with Crippen molar-refractivity contribution in [3.8, 4) is 0 Å². The predicted molar refractivity (Wildman–Crippen MR) is 45.0 cm³/mol. The van der Waals surface area contributed by atoms with Crippen molar-refractivity contribution in [2.45, 2.75) is 45.8 Å². The van der Waals surface area contributed by atoms with E-state index in [0.29, 0.717) is 12.8 Å². The molecule has 0 saturated carbocycles. The lowest BCUT2D eigenvalue weighted by Gasteiger charge is -2.37. The molecule has 0 radical (unpaired) electrons. The summed E-state index contributed by atoms with van der Waals surface area (Å²) in [5.74, 6) is -0.704. The lowest BCUT2D eigenvalue weighted by atomic mass is 9.78. The van der Waals surface area contributed by atoms with Crippen molar-refractivity contribution in [1.29, 1.82) is 0 Å². The van der Waals surface area contributed by atoms with Crippen LogP contribution in [0.4, 0.5) is 0 Å². The first-order chi connectivity index (χ1) is 5.44. The number of carboxylic acid groups (broad SMARTS) is 1. The minimum atomic E-state index is -0.704. The van der Waals surface area contributed by atoms with E-state index in [1.807, 2.05) is 13.8 Å². The van der Waals surface area contributed by atoms with Crippen molar-refractivity contribution in [1.82, 2.24) is 0 Å². The molecule has 12 heavy (non-hydrogen) atoms. The monoisotopic (exact) mass is 172 g/mol. The van der Waals surface area contributed by atoms with Gasteiger partial charge in [0.2, 0.25) is 0 Å². The van der Waals surface area contributed by atoms with Crippen LogP contribution in [-0.2, 0) is 9.53 Å². The largest absolute Gasteiger partial charge is 0.481 e. The predicted octanol–water partition coefficient (Wildman–Crippen LogP) is 1.66. The number of carbonyl (C=O) groups is 1. The summed E-state index contributed by atoms with van der Waals surface area (Å²) in [6.07, 6.45) is 1.36. The Labute approximate surface area is 72.7 Å². The van der Waals surface area contributed by atoms with E-state index in [4.69, 9.17) is 9.84 Å². The SMILES string of the molecule is C[C@@H]1CC(C)(C(=O)O)C[C@H](C)O1. The van der Waals surface area contributed by atoms with Gasteiger partial charge in [0.15, 0.2) is 0 Å². The van der Waals surface area contributed by atoms with Gasteiger partial charge in [-0.3, -0.25) is 4.79 Å². The zero-order valence-electron chi connectivity index (χ0n) is 7.83. The summed E-state index contributed by atoms with van der Waals surface area (Å²) in [5.41, 5.74) is -0.586. The molecule has 3 heteroatoms. The molecular weight excluding hydrogens is 156 g/mol. The number of rotatable bonds is 1. The Bertz CT molecular complexity index is 178. The molecule has 0 aromatic heterocycles. The highest BCUT2D eigenvalue weighted by Gasteiger charge is 2.40. The Morgan fingerprint density at radius 2 is 1.83 bits per heavy atom. The summed E-state index contributed by atoms with van der Waals surface area (Å²) in [4.78, 5) is 10.9. The molecule has 1 aliphatic rings. The van der Waals surface area contributed by atoms with Gasteiger partial charge in [0.1, 0.15) is 0 Å². The van der Waals surface area contributed by atoms with Crippen LogP contribution in [0.15, 0.2) is 0 Å². The molecule has 0 aromatic rings. The fourth-order valence-electron chi connectivity index (χ4n) is 2.02. The molecule has 1 rings (SSSR count). The molecule has 1 unspecified atom stereocenters. The van der Waals surface area contributed by atoms with E-state index in [-0.39, 0.29) is 12.2 Å². The number of carboxylic acids is 1. The van der Waals surface area contributed by atoms with E-state index < -0.39 is 11.4 Å². The van der Waals surface area contributed by atoms with Crippen LogP contribution < -0.4 is 0 Å². The van der Waals surface area contributed by atoms with Gasteiger partial charge >= 0.3 is 5.97 Å². The van der Waals surface area contributed by atoms with E-state index in [9.17, 15) is 4.79 Å². The summed E-state index contributed by atoms with van der Waals surface area (Å²) >= 11 is 0. The van der Waals surface area contributed by atoms with Gasteiger partial charge < -0.3 is 9.84 Å². The lowest BCUT2D eigenvalue weighted by molar-refractivity contribution is -0.161. The van der Waals surface area contributed by atoms with Crippen LogP contribution in [0.1, 0.15) is 33.6 Å². The minimum Gasteiger partial charge on any atom is -0.481 e. The van der Waals surface area contributed by atoms with Crippen molar-refractivity contribution in [3.63, 3.8) is 0 Å². The van der Waals surface area contributed by atoms with Crippen LogP contribution in [0.3, 0.4) is 0 Å². The second-order valence-electron chi connectivity index (χ2n) is 4.03. The fourth-order valence-corrected chi connectivity index (χ4v) is 2.02. The van der Waals surface area contributed by atoms with Gasteiger partial charge in [0.25, 0.3) is 0 Å². The molecule has 1 N–H and O–H groups in total. The number of ether oxygens (including phenoxy) is 1. The van der Waals surface area contributed by atoms with Gasteiger partial charge in [-0.15, -0.1) is 0 Å². The van der Waals surface area contributed by atoms with E-state index in [0.717, 1.165) is 0 Å². The average molecular weight is 172 g/mol. The molecule has 0 spiro atoms. The third-order valence-corrected chi connectivity index (χ3v) is 2.46. The molecule has 3 nitrogen and oxygen atoms in total. The second kappa shape index (κ2) is 3.05. The topological polar surface area (TPSA) is 46.5 Å². The Hall–Kier alpha value is -0.570. The molecule has 1 aliphatic heterocycles. The molecule has 0 aromatic carbocycles. The molecular formula is C9H16O3. The molecule has 0 aliphatic carbocycles. The summed E-state index contributed by atoms with van der Waals surface area (Å²) in [6, 6.07) is 0. The minimum absolute atomic E-state index is 0.0647. The second-order valence-corrected chi connectivity index (χ2v) is 4.03. The maximum absolute atomic E-state index is 10.9. The Kier molecular flexibility index (Phi) is 2.42. The Morgan fingerprint density at radius 3 is 2.17 bits per heavy atom. The highest BCUT2D eigenvalue weighted by Crippen LogP contribution is 2.36. The van der Waals surface area contributed by atoms with Crippen LogP contribution in [-0.4, -0.2) is 23.3 Å². The average Bonchev–Trinajstić information content (AvgIpc) is 1.82. The maximum atomic E-state index is 10.9. The van der Waals surface area contributed by atoms with E-state index in [1.54, 1.807) is 6.92 Å². The highest BCUT2D eigenvalue weighted by atomic mass is 16.5. The molecule has 3 atom stereocenters.